The molecule has 1 aliphatic heterocycles. The fourth-order valence-electron chi connectivity index (χ4n) is 2.86. The molecule has 2 aromatic heterocycles. The number of nitrogen functional groups attached to an aromatic ring is 1. The smallest absolute Gasteiger partial charge is 0.146 e. The largest absolute Gasteiger partial charge is 0.392 e. The van der Waals surface area contributed by atoms with E-state index in [-0.39, 0.29) is 6.10 Å². The van der Waals surface area contributed by atoms with Gasteiger partial charge in [0, 0.05) is 11.4 Å². The van der Waals surface area contributed by atoms with Gasteiger partial charge in [-0.05, 0) is 38.3 Å². The number of anilines is 1. The summed E-state index contributed by atoms with van der Waals surface area (Å²) in [5.74, 6) is 1.70. The molecule has 1 fully saturated rings. The molecular weight excluding hydrogens is 284 g/mol. The minimum absolute atomic E-state index is 0.258. The van der Waals surface area contributed by atoms with Crippen molar-refractivity contribution in [3.05, 3.63) is 16.3 Å². The molecule has 114 valence electrons. The Morgan fingerprint density at radius 1 is 1.38 bits per heavy atom. The normalized spacial score (nSPS) is 23.8. The summed E-state index contributed by atoms with van der Waals surface area (Å²) in [5.41, 5.74) is 7.30. The summed E-state index contributed by atoms with van der Waals surface area (Å²) in [6.45, 7) is 8.56. The molecule has 3 N–H and O–H groups in total. The minimum atomic E-state index is -0.258. The van der Waals surface area contributed by atoms with E-state index in [9.17, 15) is 5.11 Å². The van der Waals surface area contributed by atoms with Crippen LogP contribution in [0.2, 0.25) is 0 Å². The molecule has 1 saturated heterocycles. The first-order chi connectivity index (χ1) is 9.95. The average molecular weight is 306 g/mol. The van der Waals surface area contributed by atoms with Gasteiger partial charge >= 0.3 is 0 Å². The maximum Gasteiger partial charge on any atom is 0.146 e. The van der Waals surface area contributed by atoms with Crippen LogP contribution in [0.15, 0.2) is 0 Å². The number of likely N-dealkylation sites (tertiary alicyclic amines) is 1. The molecule has 0 aliphatic carbocycles. The van der Waals surface area contributed by atoms with E-state index in [1.807, 2.05) is 0 Å². The highest BCUT2D eigenvalue weighted by atomic mass is 32.1. The van der Waals surface area contributed by atoms with Gasteiger partial charge in [0.05, 0.1) is 18.0 Å². The molecule has 5 nitrogen and oxygen atoms in total. The van der Waals surface area contributed by atoms with Crippen molar-refractivity contribution >= 4 is 27.4 Å². The lowest BCUT2D eigenvalue weighted by atomic mass is 9.96. The van der Waals surface area contributed by atoms with Gasteiger partial charge in [-0.1, -0.05) is 6.92 Å². The third-order valence-electron chi connectivity index (χ3n) is 4.47. The molecule has 0 aromatic carbocycles. The maximum atomic E-state index is 9.99. The molecule has 2 aromatic rings. The Hall–Kier alpha value is -1.24. The number of β-amino-alcohol motifs (C(OH)–C–C–N with tert-alkyl or cyclic N) is 1. The Labute approximate surface area is 128 Å². The minimum Gasteiger partial charge on any atom is -0.392 e. The first-order valence-electron chi connectivity index (χ1n) is 7.38. The Kier molecular flexibility index (Phi) is 3.86. The van der Waals surface area contributed by atoms with Crippen molar-refractivity contribution in [1.29, 1.82) is 0 Å². The molecule has 21 heavy (non-hydrogen) atoms. The zero-order valence-corrected chi connectivity index (χ0v) is 13.6. The van der Waals surface area contributed by atoms with E-state index in [2.05, 4.69) is 35.6 Å². The zero-order valence-electron chi connectivity index (χ0n) is 12.8. The highest BCUT2D eigenvalue weighted by Crippen LogP contribution is 2.32. The molecule has 0 radical (unpaired) electrons. The van der Waals surface area contributed by atoms with Crippen LogP contribution in [-0.2, 0) is 6.54 Å². The van der Waals surface area contributed by atoms with Crippen molar-refractivity contribution in [2.24, 2.45) is 5.92 Å². The Morgan fingerprint density at radius 3 is 2.86 bits per heavy atom. The summed E-state index contributed by atoms with van der Waals surface area (Å²) in [7, 11) is 0. The number of hydrogen-bond donors (Lipinski definition) is 2. The van der Waals surface area contributed by atoms with Crippen LogP contribution < -0.4 is 5.73 Å². The van der Waals surface area contributed by atoms with Crippen molar-refractivity contribution in [2.45, 2.75) is 39.8 Å². The number of hydrogen-bond acceptors (Lipinski definition) is 6. The van der Waals surface area contributed by atoms with Crippen molar-refractivity contribution in [2.75, 3.05) is 18.8 Å². The van der Waals surface area contributed by atoms with Crippen LogP contribution in [0.25, 0.3) is 10.2 Å². The van der Waals surface area contributed by atoms with E-state index in [0.29, 0.717) is 24.8 Å². The van der Waals surface area contributed by atoms with Crippen LogP contribution in [0.5, 0.6) is 0 Å². The first kappa shape index (κ1) is 14.7. The molecule has 2 unspecified atom stereocenters. The van der Waals surface area contributed by atoms with Gasteiger partial charge in [-0.25, -0.2) is 9.97 Å². The van der Waals surface area contributed by atoms with E-state index in [0.717, 1.165) is 29.0 Å². The summed E-state index contributed by atoms with van der Waals surface area (Å²) in [6.07, 6.45) is 0.752. The zero-order chi connectivity index (χ0) is 15.1. The van der Waals surface area contributed by atoms with Gasteiger partial charge in [-0.2, -0.15) is 0 Å². The van der Waals surface area contributed by atoms with E-state index in [4.69, 9.17) is 5.73 Å². The van der Waals surface area contributed by atoms with Crippen molar-refractivity contribution in [3.63, 3.8) is 0 Å². The molecule has 3 rings (SSSR count). The molecule has 3 heterocycles. The number of aromatic nitrogens is 2. The van der Waals surface area contributed by atoms with E-state index in [1.54, 1.807) is 11.3 Å². The van der Waals surface area contributed by atoms with E-state index in [1.165, 1.54) is 10.4 Å². The fraction of sp³-hybridized carbons (Fsp3) is 0.600. The second kappa shape index (κ2) is 5.51. The number of rotatable bonds is 2. The lowest BCUT2D eigenvalue weighted by molar-refractivity contribution is 0.0250. The van der Waals surface area contributed by atoms with Crippen LogP contribution in [0.4, 0.5) is 5.82 Å². The molecule has 6 heteroatoms. The Morgan fingerprint density at radius 2 is 2.14 bits per heavy atom. The summed E-state index contributed by atoms with van der Waals surface area (Å²) in [5, 5.41) is 11.0. The topological polar surface area (TPSA) is 75.3 Å². The first-order valence-corrected chi connectivity index (χ1v) is 8.20. The number of piperidine rings is 1. The second-order valence-corrected chi connectivity index (χ2v) is 7.26. The van der Waals surface area contributed by atoms with Gasteiger partial charge in [0.1, 0.15) is 16.5 Å². The molecule has 0 amide bonds. The SMILES string of the molecule is Cc1sc2nc(CN3CCC(C)C(O)C3)nc(N)c2c1C. The summed E-state index contributed by atoms with van der Waals surface area (Å²) in [4.78, 5) is 13.5. The molecule has 2 atom stereocenters. The highest BCUT2D eigenvalue weighted by molar-refractivity contribution is 7.18. The van der Waals surface area contributed by atoms with Gasteiger partial charge < -0.3 is 10.8 Å². The third kappa shape index (κ3) is 2.75. The van der Waals surface area contributed by atoms with Gasteiger partial charge in [-0.3, -0.25) is 4.90 Å². The lowest BCUT2D eigenvalue weighted by Crippen LogP contribution is -2.42. The van der Waals surface area contributed by atoms with Crippen LogP contribution in [-0.4, -0.2) is 39.2 Å². The van der Waals surface area contributed by atoms with Crippen molar-refractivity contribution in [3.8, 4) is 0 Å². The molecule has 0 spiro atoms. The predicted octanol–water partition coefficient (Wildman–Crippen LogP) is 2.09. The number of aryl methyl sites for hydroxylation is 2. The predicted molar refractivity (Wildman–Crippen MR) is 86.4 cm³/mol. The number of nitrogens with zero attached hydrogens (tertiary/aromatic N) is 3. The second-order valence-electron chi connectivity index (χ2n) is 6.06. The number of nitrogens with two attached hydrogens (primary N) is 1. The fourth-order valence-corrected chi connectivity index (χ4v) is 3.91. The molecule has 0 saturated carbocycles. The van der Waals surface area contributed by atoms with Crippen LogP contribution >= 0.6 is 11.3 Å². The quantitative estimate of drug-likeness (QED) is 0.888. The number of fused-ring (bicyclic) bond motifs is 1. The summed E-state index contributed by atoms with van der Waals surface area (Å²) < 4.78 is 0. The van der Waals surface area contributed by atoms with Gasteiger partial charge in [0.2, 0.25) is 0 Å². The van der Waals surface area contributed by atoms with Crippen molar-refractivity contribution < 1.29 is 5.11 Å². The summed E-state index contributed by atoms with van der Waals surface area (Å²) in [6, 6.07) is 0. The maximum absolute atomic E-state index is 9.99. The van der Waals surface area contributed by atoms with Crippen LogP contribution in [0.1, 0.15) is 29.6 Å². The van der Waals surface area contributed by atoms with Gasteiger partial charge in [0.15, 0.2) is 0 Å². The number of aliphatic hydroxyl groups is 1. The Balaban J connectivity index is 1.85. The lowest BCUT2D eigenvalue weighted by Gasteiger charge is -2.33. The summed E-state index contributed by atoms with van der Waals surface area (Å²) >= 11 is 1.67. The molecule has 0 bridgehead atoms. The average Bonchev–Trinajstić information content (AvgIpc) is 2.70. The van der Waals surface area contributed by atoms with E-state index >= 15 is 0 Å². The molecular formula is C15H22N4OS. The monoisotopic (exact) mass is 306 g/mol. The van der Waals surface area contributed by atoms with Crippen LogP contribution in [0.3, 0.4) is 0 Å². The van der Waals surface area contributed by atoms with Crippen molar-refractivity contribution in [1.82, 2.24) is 14.9 Å². The molecule has 1 aliphatic rings. The van der Waals surface area contributed by atoms with Gasteiger partial charge in [0.25, 0.3) is 0 Å². The number of thiophene rings is 1. The van der Waals surface area contributed by atoms with Crippen LogP contribution in [0, 0.1) is 19.8 Å². The number of aliphatic hydroxyl groups excluding tert-OH is 1. The highest BCUT2D eigenvalue weighted by Gasteiger charge is 2.25. The van der Waals surface area contributed by atoms with Gasteiger partial charge in [-0.15, -0.1) is 11.3 Å². The third-order valence-corrected chi connectivity index (χ3v) is 5.57. The Bertz CT molecular complexity index is 669. The standard InChI is InChI=1S/C15H22N4OS/c1-8-4-5-19(6-11(8)20)7-12-17-14(16)13-9(2)10(3)21-15(13)18-12/h8,11,20H,4-7H2,1-3H3,(H2,16,17,18). The van der Waals surface area contributed by atoms with E-state index < -0.39 is 0 Å².